The highest BCUT2D eigenvalue weighted by Gasteiger charge is 2.43. The first-order valence-corrected chi connectivity index (χ1v) is 15.9. The molecule has 1 aromatic carbocycles. The Morgan fingerprint density at radius 1 is 1.00 bits per heavy atom. The largest absolute Gasteiger partial charge is 0.378 e. The minimum Gasteiger partial charge on any atom is -0.378 e. The fraction of sp³-hybridized carbons (Fsp3) is 0.478. The summed E-state index contributed by atoms with van der Waals surface area (Å²) in [7, 11) is -8.06. The first-order chi connectivity index (χ1) is 18.1. The van der Waals surface area contributed by atoms with E-state index in [-0.39, 0.29) is 41.8 Å². The molecule has 2 aliphatic rings. The number of nitrogens with one attached hydrogen (secondary N) is 1. The number of hydrogen-bond donors (Lipinski definition) is 2. The number of carbonyl (C=O) groups is 2. The lowest BCUT2D eigenvalue weighted by Crippen LogP contribution is -2.61. The van der Waals surface area contributed by atoms with Crippen LogP contribution in [0.4, 0.5) is 0 Å². The Hall–Kier alpha value is -2.40. The maximum absolute atomic E-state index is 13.5. The van der Waals surface area contributed by atoms with Crippen molar-refractivity contribution in [1.82, 2.24) is 19.0 Å². The molecule has 4 rings (SSSR count). The molecule has 208 valence electrons. The Morgan fingerprint density at radius 3 is 2.39 bits per heavy atom. The van der Waals surface area contributed by atoms with Gasteiger partial charge in [-0.05, 0) is 24.1 Å². The van der Waals surface area contributed by atoms with E-state index in [1.165, 1.54) is 11.5 Å². The predicted octanol–water partition coefficient (Wildman–Crippen LogP) is 0.564. The number of piperazine rings is 1. The molecule has 12 nitrogen and oxygen atoms in total. The predicted molar refractivity (Wildman–Crippen MR) is 139 cm³/mol. The molecule has 0 bridgehead atoms. The molecule has 3 heterocycles. The molecule has 0 aliphatic carbocycles. The Kier molecular flexibility index (Phi) is 9.18. The molecular formula is C23H30N4O8S3. The van der Waals surface area contributed by atoms with Crippen LogP contribution in [0, 0.1) is 0 Å². The second kappa shape index (κ2) is 12.2. The number of hydroxylamine groups is 1. The van der Waals surface area contributed by atoms with Crippen LogP contribution in [-0.4, -0.2) is 105 Å². The fourth-order valence-corrected chi connectivity index (χ4v) is 8.91. The van der Waals surface area contributed by atoms with Crippen LogP contribution in [0.1, 0.15) is 12.8 Å². The van der Waals surface area contributed by atoms with Crippen LogP contribution in [0.3, 0.4) is 0 Å². The molecule has 2 N–H and O–H groups in total. The standard InChI is InChI=1S/C23H30N4O8S3/c28-21(25-12-14-35-15-13-25)7-4-16-37(31,32)26-10-11-27(19(17-26)23(29)24-30)38(33,34)22-9-8-20(36-22)18-5-2-1-3-6-18/h1-3,5-6,8-9,19,30H,4,7,10-17H2,(H,24,29)/t19-/m1/s1. The van der Waals surface area contributed by atoms with E-state index in [9.17, 15) is 31.6 Å². The van der Waals surface area contributed by atoms with Gasteiger partial charge in [-0.1, -0.05) is 30.3 Å². The van der Waals surface area contributed by atoms with E-state index in [2.05, 4.69) is 0 Å². The number of rotatable bonds is 9. The molecule has 15 heteroatoms. The number of amides is 2. The molecule has 0 saturated carbocycles. The second-order valence-electron chi connectivity index (χ2n) is 8.86. The van der Waals surface area contributed by atoms with E-state index in [0.717, 1.165) is 30.4 Å². The van der Waals surface area contributed by atoms with Crippen molar-refractivity contribution in [3.63, 3.8) is 0 Å². The quantitative estimate of drug-likeness (QED) is 0.319. The van der Waals surface area contributed by atoms with Crippen LogP contribution in [0.25, 0.3) is 10.4 Å². The molecule has 1 aromatic heterocycles. The number of carbonyl (C=O) groups excluding carboxylic acids is 2. The number of thiophene rings is 1. The minimum atomic E-state index is -4.17. The number of hydrogen-bond acceptors (Lipinski definition) is 9. The van der Waals surface area contributed by atoms with Crippen molar-refractivity contribution in [3.05, 3.63) is 42.5 Å². The van der Waals surface area contributed by atoms with Gasteiger partial charge in [-0.15, -0.1) is 11.3 Å². The van der Waals surface area contributed by atoms with Gasteiger partial charge in [0.1, 0.15) is 10.3 Å². The van der Waals surface area contributed by atoms with Crippen LogP contribution in [0.5, 0.6) is 0 Å². The van der Waals surface area contributed by atoms with Crippen molar-refractivity contribution in [1.29, 1.82) is 0 Å². The number of sulfonamides is 2. The highest BCUT2D eigenvalue weighted by Crippen LogP contribution is 2.33. The number of nitrogens with zero attached hydrogens (tertiary/aromatic N) is 3. The van der Waals surface area contributed by atoms with Crippen LogP contribution in [-0.2, 0) is 34.4 Å². The van der Waals surface area contributed by atoms with E-state index in [1.54, 1.807) is 11.0 Å². The van der Waals surface area contributed by atoms with Crippen LogP contribution in [0.15, 0.2) is 46.7 Å². The molecule has 2 aromatic rings. The summed E-state index contributed by atoms with van der Waals surface area (Å²) in [5.74, 6) is -1.51. The van der Waals surface area contributed by atoms with Gasteiger partial charge in [0.05, 0.1) is 19.0 Å². The molecule has 38 heavy (non-hydrogen) atoms. The smallest absolute Gasteiger partial charge is 0.263 e. The second-order valence-corrected chi connectivity index (χ2v) is 14.2. The first-order valence-electron chi connectivity index (χ1n) is 12.1. The minimum absolute atomic E-state index is 0.00465. The summed E-state index contributed by atoms with van der Waals surface area (Å²) >= 11 is 1.04. The third-order valence-electron chi connectivity index (χ3n) is 6.46. The molecule has 0 spiro atoms. The van der Waals surface area contributed by atoms with Crippen molar-refractivity contribution < 1.29 is 36.4 Å². The summed E-state index contributed by atoms with van der Waals surface area (Å²) in [4.78, 5) is 27.2. The topological polar surface area (TPSA) is 154 Å². The average Bonchev–Trinajstić information content (AvgIpc) is 3.44. The average molecular weight is 587 g/mol. The van der Waals surface area contributed by atoms with Gasteiger partial charge in [-0.3, -0.25) is 14.8 Å². The van der Waals surface area contributed by atoms with Crippen molar-refractivity contribution in [3.8, 4) is 10.4 Å². The number of benzene rings is 1. The third-order valence-corrected chi connectivity index (χ3v) is 11.9. The summed E-state index contributed by atoms with van der Waals surface area (Å²) in [6, 6.07) is 10.9. The molecular weight excluding hydrogens is 556 g/mol. The number of morpholine rings is 1. The molecule has 0 radical (unpaired) electrons. The van der Waals surface area contributed by atoms with Crippen LogP contribution in [0.2, 0.25) is 0 Å². The van der Waals surface area contributed by atoms with Crippen molar-refractivity contribution in [2.75, 3.05) is 51.7 Å². The van der Waals surface area contributed by atoms with Gasteiger partial charge < -0.3 is 9.64 Å². The Balaban J connectivity index is 1.44. The SMILES string of the molecule is O=C(NO)[C@H]1CN(S(=O)(=O)CCCC(=O)N2CCOCC2)CCN1S(=O)(=O)c1ccc(-c2ccccc2)s1. The van der Waals surface area contributed by atoms with Gasteiger partial charge in [0.25, 0.3) is 15.9 Å². The fourth-order valence-electron chi connectivity index (χ4n) is 4.41. The zero-order chi connectivity index (χ0) is 27.3. The monoisotopic (exact) mass is 586 g/mol. The summed E-state index contributed by atoms with van der Waals surface area (Å²) in [5.41, 5.74) is 2.30. The normalized spacial score (nSPS) is 19.8. The zero-order valence-corrected chi connectivity index (χ0v) is 23.0. The Labute approximate surface area is 225 Å². The lowest BCUT2D eigenvalue weighted by atomic mass is 10.2. The lowest BCUT2D eigenvalue weighted by molar-refractivity contribution is -0.135. The first kappa shape index (κ1) is 28.6. The van der Waals surface area contributed by atoms with Gasteiger partial charge in [0.2, 0.25) is 15.9 Å². The van der Waals surface area contributed by atoms with Crippen LogP contribution < -0.4 is 5.48 Å². The number of ether oxygens (including phenoxy) is 1. The van der Waals surface area contributed by atoms with Gasteiger partial charge in [-0.2, -0.15) is 8.61 Å². The maximum atomic E-state index is 13.5. The van der Waals surface area contributed by atoms with Gasteiger partial charge >= 0.3 is 0 Å². The zero-order valence-electron chi connectivity index (χ0n) is 20.6. The van der Waals surface area contributed by atoms with Gasteiger partial charge in [-0.25, -0.2) is 22.3 Å². The van der Waals surface area contributed by atoms with Crippen LogP contribution >= 0.6 is 11.3 Å². The molecule has 2 fully saturated rings. The highest BCUT2D eigenvalue weighted by atomic mass is 32.2. The molecule has 2 amide bonds. The summed E-state index contributed by atoms with van der Waals surface area (Å²) in [6.45, 7) is 0.946. The maximum Gasteiger partial charge on any atom is 0.263 e. The van der Waals surface area contributed by atoms with Gasteiger partial charge in [0, 0.05) is 44.0 Å². The van der Waals surface area contributed by atoms with Crippen molar-refractivity contribution in [2.45, 2.75) is 23.1 Å². The van der Waals surface area contributed by atoms with Crippen molar-refractivity contribution >= 4 is 43.2 Å². The van der Waals surface area contributed by atoms with E-state index < -0.39 is 38.5 Å². The molecule has 1 atom stereocenters. The van der Waals surface area contributed by atoms with E-state index in [1.807, 2.05) is 30.3 Å². The van der Waals surface area contributed by atoms with Gasteiger partial charge in [0.15, 0.2) is 0 Å². The highest BCUT2D eigenvalue weighted by molar-refractivity contribution is 7.91. The molecule has 2 saturated heterocycles. The molecule has 0 unspecified atom stereocenters. The van der Waals surface area contributed by atoms with E-state index in [4.69, 9.17) is 4.74 Å². The summed E-state index contributed by atoms with van der Waals surface area (Å²) in [6.07, 6.45) is 0.140. The lowest BCUT2D eigenvalue weighted by Gasteiger charge is -2.38. The Bertz CT molecular complexity index is 1340. The van der Waals surface area contributed by atoms with Crippen molar-refractivity contribution in [2.24, 2.45) is 0 Å². The molecule has 2 aliphatic heterocycles. The van der Waals surface area contributed by atoms with E-state index >= 15 is 0 Å². The summed E-state index contributed by atoms with van der Waals surface area (Å²) in [5, 5.41) is 9.27. The summed E-state index contributed by atoms with van der Waals surface area (Å²) < 4.78 is 60.1. The third kappa shape index (κ3) is 6.42. The van der Waals surface area contributed by atoms with E-state index in [0.29, 0.717) is 26.3 Å². The Morgan fingerprint density at radius 2 is 1.71 bits per heavy atom.